The highest BCUT2D eigenvalue weighted by Gasteiger charge is 2.14. The number of halogens is 1. The van der Waals surface area contributed by atoms with E-state index in [0.29, 0.717) is 23.3 Å². The van der Waals surface area contributed by atoms with Gasteiger partial charge < -0.3 is 10.1 Å². The van der Waals surface area contributed by atoms with Crippen molar-refractivity contribution < 1.29 is 9.66 Å². The lowest BCUT2D eigenvalue weighted by Gasteiger charge is -2.11. The van der Waals surface area contributed by atoms with E-state index in [2.05, 4.69) is 21.2 Å². The number of methoxy groups -OCH3 is 1. The number of nitrogens with zero attached hydrogens (tertiary/aromatic N) is 1. The predicted molar refractivity (Wildman–Crippen MR) is 85.3 cm³/mol. The quantitative estimate of drug-likeness (QED) is 0.628. The molecule has 0 unspecified atom stereocenters. The van der Waals surface area contributed by atoms with Crippen molar-refractivity contribution in [1.29, 1.82) is 0 Å². The van der Waals surface area contributed by atoms with E-state index in [-0.39, 0.29) is 5.69 Å². The van der Waals surface area contributed by atoms with Crippen LogP contribution in [0.4, 0.5) is 11.4 Å². The van der Waals surface area contributed by atoms with Crippen LogP contribution in [0.15, 0.2) is 46.9 Å². The maximum absolute atomic E-state index is 11.1. The van der Waals surface area contributed by atoms with Gasteiger partial charge in [-0.1, -0.05) is 40.2 Å². The Bertz CT molecular complexity index is 647. The monoisotopic (exact) mass is 350 g/mol. The summed E-state index contributed by atoms with van der Waals surface area (Å²) >= 11 is 3.24. The van der Waals surface area contributed by atoms with Crippen LogP contribution < -0.4 is 5.32 Å². The molecule has 0 aliphatic heterocycles. The van der Waals surface area contributed by atoms with Crippen LogP contribution in [-0.4, -0.2) is 12.0 Å². The van der Waals surface area contributed by atoms with Crippen LogP contribution >= 0.6 is 15.9 Å². The lowest BCUT2D eigenvalue weighted by atomic mass is 10.1. The Morgan fingerprint density at radius 3 is 2.62 bits per heavy atom. The molecule has 0 saturated heterocycles. The normalized spacial score (nSPS) is 10.4. The molecule has 0 radical (unpaired) electrons. The summed E-state index contributed by atoms with van der Waals surface area (Å²) in [6, 6.07) is 12.8. The molecule has 0 aliphatic rings. The highest BCUT2D eigenvalue weighted by atomic mass is 79.9. The van der Waals surface area contributed by atoms with Gasteiger partial charge in [0.2, 0.25) is 0 Å². The average molecular weight is 351 g/mol. The summed E-state index contributed by atoms with van der Waals surface area (Å²) in [5, 5.41) is 14.2. The molecule has 0 bridgehead atoms. The Morgan fingerprint density at radius 1 is 1.24 bits per heavy atom. The van der Waals surface area contributed by atoms with Crippen molar-refractivity contribution in [1.82, 2.24) is 0 Å². The Labute approximate surface area is 131 Å². The van der Waals surface area contributed by atoms with Crippen molar-refractivity contribution in [2.45, 2.75) is 13.2 Å². The van der Waals surface area contributed by atoms with Gasteiger partial charge in [0.15, 0.2) is 0 Å². The summed E-state index contributed by atoms with van der Waals surface area (Å²) in [7, 11) is 1.64. The minimum absolute atomic E-state index is 0.0496. The van der Waals surface area contributed by atoms with Gasteiger partial charge in [-0.2, -0.15) is 0 Å². The lowest BCUT2D eigenvalue weighted by Crippen LogP contribution is -2.05. The summed E-state index contributed by atoms with van der Waals surface area (Å²) in [5.74, 6) is 0. The molecule has 0 amide bonds. The molecule has 1 N–H and O–H groups in total. The van der Waals surface area contributed by atoms with Crippen LogP contribution in [0.2, 0.25) is 0 Å². The fraction of sp³-hybridized carbons (Fsp3) is 0.200. The maximum Gasteiger partial charge on any atom is 0.293 e. The predicted octanol–water partition coefficient (Wildman–Crippen LogP) is 4.12. The van der Waals surface area contributed by atoms with E-state index in [4.69, 9.17) is 4.74 Å². The zero-order valence-electron chi connectivity index (χ0n) is 11.5. The highest BCUT2D eigenvalue weighted by molar-refractivity contribution is 9.10. The number of hydrogen-bond donors (Lipinski definition) is 1. The molecule has 0 atom stereocenters. The number of anilines is 1. The molecular formula is C15H15BrN2O3. The molecule has 2 aromatic carbocycles. The number of ether oxygens (including phenoxy) is 1. The summed E-state index contributed by atoms with van der Waals surface area (Å²) in [5.41, 5.74) is 2.66. The van der Waals surface area contributed by atoms with E-state index in [1.54, 1.807) is 19.2 Å². The second-order valence-electron chi connectivity index (χ2n) is 4.47. The molecule has 0 aromatic heterocycles. The molecule has 6 heteroatoms. The number of nitrogens with one attached hydrogen (secondary N) is 1. The Hall–Kier alpha value is -1.92. The van der Waals surface area contributed by atoms with Crippen LogP contribution in [-0.2, 0) is 17.9 Å². The van der Waals surface area contributed by atoms with E-state index in [9.17, 15) is 10.1 Å². The third-order valence-electron chi connectivity index (χ3n) is 3.04. The number of hydrogen-bond acceptors (Lipinski definition) is 4. The summed E-state index contributed by atoms with van der Waals surface area (Å²) < 4.78 is 5.84. The largest absolute Gasteiger partial charge is 0.380 e. The standard InChI is InChI=1S/C15H15BrN2O3/c1-21-10-12-5-3-2-4-11(12)9-17-14-7-6-13(16)8-15(14)18(19)20/h2-8,17H,9-10H2,1H3. The fourth-order valence-electron chi connectivity index (χ4n) is 2.02. The number of rotatable bonds is 6. The van der Waals surface area contributed by atoms with Gasteiger partial charge in [-0.3, -0.25) is 10.1 Å². The average Bonchev–Trinajstić information content (AvgIpc) is 2.47. The minimum atomic E-state index is -0.395. The molecular weight excluding hydrogens is 336 g/mol. The van der Waals surface area contributed by atoms with Crippen molar-refractivity contribution in [3.05, 3.63) is 68.2 Å². The summed E-state index contributed by atoms with van der Waals surface area (Å²) in [4.78, 5) is 10.7. The minimum Gasteiger partial charge on any atom is -0.380 e. The molecule has 0 heterocycles. The number of benzene rings is 2. The first-order valence-corrected chi connectivity index (χ1v) is 7.14. The van der Waals surface area contributed by atoms with Gasteiger partial charge in [0, 0.05) is 24.2 Å². The number of nitro benzene ring substituents is 1. The third kappa shape index (κ3) is 4.03. The molecule has 2 aromatic rings. The number of nitro groups is 1. The first-order chi connectivity index (χ1) is 10.1. The van der Waals surface area contributed by atoms with Crippen molar-refractivity contribution in [2.75, 3.05) is 12.4 Å². The van der Waals surface area contributed by atoms with Crippen LogP contribution in [0.3, 0.4) is 0 Å². The van der Waals surface area contributed by atoms with Crippen LogP contribution in [0, 0.1) is 10.1 Å². The van der Waals surface area contributed by atoms with Crippen LogP contribution in [0.5, 0.6) is 0 Å². The van der Waals surface area contributed by atoms with E-state index in [1.165, 1.54) is 6.07 Å². The molecule has 110 valence electrons. The highest BCUT2D eigenvalue weighted by Crippen LogP contribution is 2.28. The summed E-state index contributed by atoms with van der Waals surface area (Å²) in [6.45, 7) is 1.02. The second kappa shape index (κ2) is 7.19. The van der Waals surface area contributed by atoms with Gasteiger partial charge in [-0.15, -0.1) is 0 Å². The van der Waals surface area contributed by atoms with E-state index >= 15 is 0 Å². The fourth-order valence-corrected chi connectivity index (χ4v) is 2.37. The Balaban J connectivity index is 2.19. The zero-order valence-corrected chi connectivity index (χ0v) is 13.1. The Morgan fingerprint density at radius 2 is 1.95 bits per heavy atom. The third-order valence-corrected chi connectivity index (χ3v) is 3.54. The van der Waals surface area contributed by atoms with E-state index in [1.807, 2.05) is 24.3 Å². The maximum atomic E-state index is 11.1. The van der Waals surface area contributed by atoms with Gasteiger partial charge in [0.05, 0.1) is 11.5 Å². The molecule has 5 nitrogen and oxygen atoms in total. The van der Waals surface area contributed by atoms with Crippen molar-refractivity contribution in [2.24, 2.45) is 0 Å². The van der Waals surface area contributed by atoms with Crippen molar-refractivity contribution in [3.63, 3.8) is 0 Å². The Kier molecular flexibility index (Phi) is 5.30. The van der Waals surface area contributed by atoms with Gasteiger partial charge in [0.25, 0.3) is 5.69 Å². The zero-order chi connectivity index (χ0) is 15.2. The smallest absolute Gasteiger partial charge is 0.293 e. The van der Waals surface area contributed by atoms with Gasteiger partial charge >= 0.3 is 0 Å². The van der Waals surface area contributed by atoms with Gasteiger partial charge in [0.1, 0.15) is 5.69 Å². The second-order valence-corrected chi connectivity index (χ2v) is 5.39. The SMILES string of the molecule is COCc1ccccc1CNc1ccc(Br)cc1[N+](=O)[O-]. The first-order valence-electron chi connectivity index (χ1n) is 6.35. The lowest BCUT2D eigenvalue weighted by molar-refractivity contribution is -0.384. The molecule has 0 fully saturated rings. The van der Waals surface area contributed by atoms with Gasteiger partial charge in [-0.25, -0.2) is 0 Å². The van der Waals surface area contributed by atoms with Crippen molar-refractivity contribution in [3.8, 4) is 0 Å². The molecule has 0 aliphatic carbocycles. The van der Waals surface area contributed by atoms with E-state index < -0.39 is 4.92 Å². The van der Waals surface area contributed by atoms with E-state index in [0.717, 1.165) is 11.1 Å². The van der Waals surface area contributed by atoms with Gasteiger partial charge in [-0.05, 0) is 23.3 Å². The van der Waals surface area contributed by atoms with Crippen LogP contribution in [0.1, 0.15) is 11.1 Å². The molecule has 2 rings (SSSR count). The topological polar surface area (TPSA) is 64.4 Å². The summed E-state index contributed by atoms with van der Waals surface area (Å²) in [6.07, 6.45) is 0. The molecule has 0 saturated carbocycles. The molecule has 0 spiro atoms. The van der Waals surface area contributed by atoms with Crippen molar-refractivity contribution >= 4 is 27.3 Å². The molecule has 21 heavy (non-hydrogen) atoms. The van der Waals surface area contributed by atoms with Crippen LogP contribution in [0.25, 0.3) is 0 Å². The first kappa shape index (κ1) is 15.5.